The number of hydrogen-bond acceptors (Lipinski definition) is 5. The zero-order valence-corrected chi connectivity index (χ0v) is 16.5. The first-order valence-corrected chi connectivity index (χ1v) is 10.1. The number of hydrogen-bond donors (Lipinski definition) is 1. The standard InChI is InChI=1S/C19H15BrFN3O2S/c20-13-5-1-12(2-6-13)18-23-24-19(26-18)27-16(17(25)22-15-9-10-15)11-3-7-14(21)8-4-11/h1-8,15-16H,9-10H2,(H,22,25)/t16-/m1/s1. The van der Waals surface area contributed by atoms with E-state index in [1.54, 1.807) is 12.1 Å². The lowest BCUT2D eigenvalue weighted by atomic mass is 10.1. The number of nitrogens with zero attached hydrogens (tertiary/aromatic N) is 2. The van der Waals surface area contributed by atoms with E-state index in [1.165, 1.54) is 12.1 Å². The van der Waals surface area contributed by atoms with Crippen molar-refractivity contribution >= 4 is 33.6 Å². The molecule has 8 heteroatoms. The molecule has 0 spiro atoms. The van der Waals surface area contributed by atoms with Crippen molar-refractivity contribution in [3.8, 4) is 11.5 Å². The molecule has 1 N–H and O–H groups in total. The molecule has 1 fully saturated rings. The first-order chi connectivity index (χ1) is 13.1. The van der Waals surface area contributed by atoms with Crippen molar-refractivity contribution in [2.45, 2.75) is 29.4 Å². The van der Waals surface area contributed by atoms with Gasteiger partial charge in [0, 0.05) is 16.1 Å². The average Bonchev–Trinajstić information content (AvgIpc) is 3.35. The fourth-order valence-corrected chi connectivity index (χ4v) is 3.63. The second-order valence-electron chi connectivity index (χ2n) is 6.21. The molecule has 0 radical (unpaired) electrons. The molecule has 1 amide bonds. The van der Waals surface area contributed by atoms with Crippen LogP contribution in [0.15, 0.2) is 62.6 Å². The van der Waals surface area contributed by atoms with Crippen LogP contribution < -0.4 is 5.32 Å². The highest BCUT2D eigenvalue weighted by Crippen LogP contribution is 2.37. The minimum Gasteiger partial charge on any atom is -0.411 e. The number of carbonyl (C=O) groups excluding carboxylic acids is 1. The van der Waals surface area contributed by atoms with Crippen LogP contribution in [0.4, 0.5) is 4.39 Å². The van der Waals surface area contributed by atoms with Crippen molar-refractivity contribution in [3.63, 3.8) is 0 Å². The molecule has 1 atom stereocenters. The maximum atomic E-state index is 13.3. The van der Waals surface area contributed by atoms with E-state index in [0.29, 0.717) is 11.5 Å². The Morgan fingerprint density at radius 1 is 1.15 bits per heavy atom. The van der Waals surface area contributed by atoms with Gasteiger partial charge in [0.25, 0.3) is 5.22 Å². The summed E-state index contributed by atoms with van der Waals surface area (Å²) in [5.41, 5.74) is 1.47. The van der Waals surface area contributed by atoms with Gasteiger partial charge in [-0.05, 0) is 66.6 Å². The van der Waals surface area contributed by atoms with Crippen LogP contribution in [0.25, 0.3) is 11.5 Å². The Bertz CT molecular complexity index is 942. The zero-order chi connectivity index (χ0) is 18.8. The van der Waals surface area contributed by atoms with Gasteiger partial charge in [-0.25, -0.2) is 4.39 Å². The molecule has 1 aromatic heterocycles. The van der Waals surface area contributed by atoms with Gasteiger partial charge in [-0.15, -0.1) is 10.2 Å². The Balaban J connectivity index is 1.56. The lowest BCUT2D eigenvalue weighted by Crippen LogP contribution is -2.29. The smallest absolute Gasteiger partial charge is 0.277 e. The fourth-order valence-electron chi connectivity index (χ4n) is 2.48. The summed E-state index contributed by atoms with van der Waals surface area (Å²) in [6.45, 7) is 0. The van der Waals surface area contributed by atoms with Crippen LogP contribution in [0.3, 0.4) is 0 Å². The van der Waals surface area contributed by atoms with Crippen LogP contribution in [0.5, 0.6) is 0 Å². The SMILES string of the molecule is O=C(NC1CC1)[C@H](Sc1nnc(-c2ccc(Br)cc2)o1)c1ccc(F)cc1. The summed E-state index contributed by atoms with van der Waals surface area (Å²) < 4.78 is 19.9. The summed E-state index contributed by atoms with van der Waals surface area (Å²) in [5, 5.41) is 10.8. The number of amides is 1. The number of thioether (sulfide) groups is 1. The predicted octanol–water partition coefficient (Wildman–Crippen LogP) is 4.75. The fraction of sp³-hybridized carbons (Fsp3) is 0.211. The molecule has 4 rings (SSSR count). The molecule has 0 aliphatic heterocycles. The van der Waals surface area contributed by atoms with E-state index < -0.39 is 5.25 Å². The minimum absolute atomic E-state index is 0.141. The van der Waals surface area contributed by atoms with Gasteiger partial charge in [0.05, 0.1) is 0 Å². The first-order valence-electron chi connectivity index (χ1n) is 8.40. The second-order valence-corrected chi connectivity index (χ2v) is 8.18. The molecule has 5 nitrogen and oxygen atoms in total. The van der Waals surface area contributed by atoms with E-state index in [-0.39, 0.29) is 23.0 Å². The number of aromatic nitrogens is 2. The highest BCUT2D eigenvalue weighted by Gasteiger charge is 2.30. The van der Waals surface area contributed by atoms with Gasteiger partial charge in [-0.1, -0.05) is 28.1 Å². The quantitative estimate of drug-likeness (QED) is 0.552. The molecule has 1 saturated carbocycles. The molecule has 1 heterocycles. The van der Waals surface area contributed by atoms with Crippen LogP contribution >= 0.6 is 27.7 Å². The molecule has 1 aliphatic carbocycles. The van der Waals surface area contributed by atoms with Crippen molar-refractivity contribution in [3.05, 3.63) is 64.4 Å². The topological polar surface area (TPSA) is 68.0 Å². The highest BCUT2D eigenvalue weighted by molar-refractivity contribution is 9.10. The summed E-state index contributed by atoms with van der Waals surface area (Å²) in [6, 6.07) is 13.6. The summed E-state index contributed by atoms with van der Waals surface area (Å²) in [7, 11) is 0. The van der Waals surface area contributed by atoms with Crippen LogP contribution in [0.2, 0.25) is 0 Å². The Kier molecular flexibility index (Phi) is 5.27. The molecule has 1 aliphatic rings. The Hall–Kier alpha value is -2.19. The second kappa shape index (κ2) is 7.82. The van der Waals surface area contributed by atoms with E-state index in [4.69, 9.17) is 4.42 Å². The molecule has 0 unspecified atom stereocenters. The van der Waals surface area contributed by atoms with Gasteiger partial charge in [-0.3, -0.25) is 4.79 Å². The van der Waals surface area contributed by atoms with Gasteiger partial charge < -0.3 is 9.73 Å². The lowest BCUT2D eigenvalue weighted by molar-refractivity contribution is -0.120. The van der Waals surface area contributed by atoms with Crippen molar-refractivity contribution in [1.82, 2.24) is 15.5 Å². The monoisotopic (exact) mass is 447 g/mol. The molecule has 27 heavy (non-hydrogen) atoms. The third kappa shape index (κ3) is 4.56. The third-order valence-electron chi connectivity index (χ3n) is 4.05. The van der Waals surface area contributed by atoms with E-state index in [1.807, 2.05) is 24.3 Å². The number of nitrogens with one attached hydrogen (secondary N) is 1. The largest absolute Gasteiger partial charge is 0.411 e. The molecule has 2 aromatic carbocycles. The van der Waals surface area contributed by atoms with Crippen molar-refractivity contribution in [2.24, 2.45) is 0 Å². The number of rotatable bonds is 6. The predicted molar refractivity (Wildman–Crippen MR) is 104 cm³/mol. The van der Waals surface area contributed by atoms with Crippen LogP contribution in [0, 0.1) is 5.82 Å². The molecule has 0 bridgehead atoms. The zero-order valence-electron chi connectivity index (χ0n) is 14.1. The molecular formula is C19H15BrFN3O2S. The Labute approximate surface area is 167 Å². The molecule has 3 aromatic rings. The van der Waals surface area contributed by atoms with E-state index >= 15 is 0 Å². The summed E-state index contributed by atoms with van der Waals surface area (Å²) in [4.78, 5) is 12.7. The normalized spacial score (nSPS) is 14.7. The summed E-state index contributed by atoms with van der Waals surface area (Å²) in [5.74, 6) is -0.108. The maximum absolute atomic E-state index is 13.3. The average molecular weight is 448 g/mol. The van der Waals surface area contributed by atoms with Crippen LogP contribution in [-0.2, 0) is 4.79 Å². The van der Waals surface area contributed by atoms with Crippen molar-refractivity contribution < 1.29 is 13.6 Å². The Morgan fingerprint density at radius 3 is 2.52 bits per heavy atom. The van der Waals surface area contributed by atoms with Gasteiger partial charge in [0.1, 0.15) is 11.1 Å². The lowest BCUT2D eigenvalue weighted by Gasteiger charge is -2.14. The summed E-state index contributed by atoms with van der Waals surface area (Å²) >= 11 is 4.55. The van der Waals surface area contributed by atoms with Gasteiger partial charge in [-0.2, -0.15) is 0 Å². The summed E-state index contributed by atoms with van der Waals surface area (Å²) in [6.07, 6.45) is 1.97. The van der Waals surface area contributed by atoms with E-state index in [2.05, 4.69) is 31.4 Å². The van der Waals surface area contributed by atoms with E-state index in [9.17, 15) is 9.18 Å². The molecule has 138 valence electrons. The minimum atomic E-state index is -0.593. The molecular weight excluding hydrogens is 433 g/mol. The van der Waals surface area contributed by atoms with Crippen molar-refractivity contribution in [2.75, 3.05) is 0 Å². The third-order valence-corrected chi connectivity index (χ3v) is 5.67. The maximum Gasteiger partial charge on any atom is 0.277 e. The number of benzene rings is 2. The molecule has 0 saturated heterocycles. The van der Waals surface area contributed by atoms with Gasteiger partial charge in [0.15, 0.2) is 0 Å². The van der Waals surface area contributed by atoms with E-state index in [0.717, 1.165) is 34.6 Å². The van der Waals surface area contributed by atoms with Crippen LogP contribution in [0.1, 0.15) is 23.7 Å². The van der Waals surface area contributed by atoms with Gasteiger partial charge >= 0.3 is 0 Å². The first kappa shape index (κ1) is 18.2. The highest BCUT2D eigenvalue weighted by atomic mass is 79.9. The Morgan fingerprint density at radius 2 is 1.85 bits per heavy atom. The number of halogens is 2. The number of carbonyl (C=O) groups is 1. The van der Waals surface area contributed by atoms with Gasteiger partial charge in [0.2, 0.25) is 11.8 Å². The van der Waals surface area contributed by atoms with Crippen LogP contribution in [-0.4, -0.2) is 22.1 Å². The van der Waals surface area contributed by atoms with Crippen molar-refractivity contribution in [1.29, 1.82) is 0 Å².